The van der Waals surface area contributed by atoms with Gasteiger partial charge in [-0.1, -0.05) is 13.8 Å². The summed E-state index contributed by atoms with van der Waals surface area (Å²) in [5.74, 6) is -6.23. The first-order valence-corrected chi connectivity index (χ1v) is 12.7. The molecular formula is C28H25F4N3O5. The van der Waals surface area contributed by atoms with Crippen molar-refractivity contribution in [1.29, 1.82) is 0 Å². The van der Waals surface area contributed by atoms with Gasteiger partial charge < -0.3 is 24.3 Å². The minimum atomic E-state index is -1.37. The van der Waals surface area contributed by atoms with Crippen LogP contribution in [0, 0.1) is 29.2 Å². The number of carbonyl (C=O) groups excluding carboxylic acids is 2. The standard InChI is InChI=1S/C28H25F4N3O5/c1-4-12(5-2)27(38)40-28-24-23(14-8-17(30)18(31)9-15(14)25(36)34-24)22(11-39-28)35(3)26(37)21-7-13-6-16(29)19(32)10-20(13)33-21/h6-10,12,22,28,33H,4-5,11H2,1-3H3,(H,34,36)/t22-,28-/m0/s1. The van der Waals surface area contributed by atoms with Crippen LogP contribution in [-0.2, 0) is 14.3 Å². The quantitative estimate of drug-likeness (QED) is 0.244. The molecule has 0 saturated carbocycles. The third kappa shape index (κ3) is 4.61. The zero-order valence-corrected chi connectivity index (χ0v) is 21.7. The summed E-state index contributed by atoms with van der Waals surface area (Å²) in [6.07, 6.45) is -0.357. The number of rotatable bonds is 6. The Bertz CT molecular complexity index is 1670. The number of pyridine rings is 1. The maximum Gasteiger partial charge on any atom is 0.311 e. The summed E-state index contributed by atoms with van der Waals surface area (Å²) in [7, 11) is 1.42. The molecule has 0 unspecified atom stereocenters. The summed E-state index contributed by atoms with van der Waals surface area (Å²) >= 11 is 0. The van der Waals surface area contributed by atoms with Crippen molar-refractivity contribution in [3.8, 4) is 0 Å². The maximum atomic E-state index is 14.4. The number of hydrogen-bond acceptors (Lipinski definition) is 5. The molecule has 0 fully saturated rings. The van der Waals surface area contributed by atoms with Gasteiger partial charge in [-0.3, -0.25) is 14.4 Å². The van der Waals surface area contributed by atoms with Gasteiger partial charge in [-0.25, -0.2) is 17.6 Å². The van der Waals surface area contributed by atoms with Crippen molar-refractivity contribution in [3.63, 3.8) is 0 Å². The molecule has 2 N–H and O–H groups in total. The van der Waals surface area contributed by atoms with Gasteiger partial charge in [0.15, 0.2) is 23.3 Å². The molecule has 8 nitrogen and oxygen atoms in total. The van der Waals surface area contributed by atoms with E-state index < -0.39 is 59.0 Å². The van der Waals surface area contributed by atoms with Crippen molar-refractivity contribution < 1.29 is 36.6 Å². The van der Waals surface area contributed by atoms with E-state index in [1.807, 2.05) is 13.8 Å². The number of hydrogen-bond donors (Lipinski definition) is 2. The molecule has 4 aromatic rings. The van der Waals surface area contributed by atoms with Crippen molar-refractivity contribution in [3.05, 3.63) is 80.9 Å². The van der Waals surface area contributed by atoms with E-state index in [9.17, 15) is 31.9 Å². The molecular weight excluding hydrogens is 534 g/mol. The topological polar surface area (TPSA) is 104 Å². The van der Waals surface area contributed by atoms with Crippen molar-refractivity contribution in [2.45, 2.75) is 39.0 Å². The number of fused-ring (bicyclic) bond motifs is 4. The van der Waals surface area contributed by atoms with E-state index in [-0.39, 0.29) is 45.2 Å². The number of aromatic amines is 2. The number of nitrogens with one attached hydrogen (secondary N) is 2. The smallest absolute Gasteiger partial charge is 0.311 e. The molecule has 1 aliphatic heterocycles. The van der Waals surface area contributed by atoms with Crippen LogP contribution in [0.25, 0.3) is 21.7 Å². The fraction of sp³-hybridized carbons (Fsp3) is 0.321. The van der Waals surface area contributed by atoms with E-state index in [1.165, 1.54) is 18.0 Å². The van der Waals surface area contributed by atoms with Gasteiger partial charge in [0.1, 0.15) is 5.69 Å². The monoisotopic (exact) mass is 559 g/mol. The van der Waals surface area contributed by atoms with Gasteiger partial charge in [0.2, 0.25) is 6.29 Å². The first-order valence-electron chi connectivity index (χ1n) is 12.7. The third-order valence-corrected chi connectivity index (χ3v) is 7.33. The molecule has 1 amide bonds. The fourth-order valence-corrected chi connectivity index (χ4v) is 5.05. The van der Waals surface area contributed by atoms with E-state index in [4.69, 9.17) is 9.47 Å². The normalized spacial score (nSPS) is 16.9. The van der Waals surface area contributed by atoms with Crippen molar-refractivity contribution in [2.75, 3.05) is 13.7 Å². The summed E-state index contributed by atoms with van der Waals surface area (Å²) in [6.45, 7) is 3.40. The summed E-state index contributed by atoms with van der Waals surface area (Å²) in [5, 5.41) is 0.0960. The summed E-state index contributed by atoms with van der Waals surface area (Å²) in [5.41, 5.74) is -0.395. The molecule has 1 aliphatic rings. The highest BCUT2D eigenvalue weighted by Gasteiger charge is 2.38. The van der Waals surface area contributed by atoms with Gasteiger partial charge in [-0.2, -0.15) is 0 Å². The Hall–Kier alpha value is -4.19. The van der Waals surface area contributed by atoms with E-state index >= 15 is 0 Å². The molecule has 0 saturated heterocycles. The average molecular weight is 560 g/mol. The highest BCUT2D eigenvalue weighted by atomic mass is 19.2. The number of ether oxygens (including phenoxy) is 2. The molecule has 5 rings (SSSR count). The van der Waals surface area contributed by atoms with Crippen LogP contribution >= 0.6 is 0 Å². The summed E-state index contributed by atoms with van der Waals surface area (Å²) in [6, 6.07) is 3.87. The lowest BCUT2D eigenvalue weighted by Crippen LogP contribution is -2.40. The number of esters is 1. The first-order chi connectivity index (χ1) is 19.0. The zero-order valence-electron chi connectivity index (χ0n) is 21.7. The van der Waals surface area contributed by atoms with E-state index in [2.05, 4.69) is 9.97 Å². The number of likely N-dealkylation sites (N-methyl/N-ethyl adjacent to an activating group) is 1. The number of halogens is 4. The minimum Gasteiger partial charge on any atom is -0.429 e. The Labute approximate surface area is 224 Å². The Morgan fingerprint density at radius 3 is 2.27 bits per heavy atom. The Kier molecular flexibility index (Phi) is 7.13. The van der Waals surface area contributed by atoms with E-state index in [1.54, 1.807) is 0 Å². The number of H-pyrrole nitrogens is 2. The van der Waals surface area contributed by atoms with Crippen LogP contribution in [0.3, 0.4) is 0 Å². The second-order valence-corrected chi connectivity index (χ2v) is 9.68. The van der Waals surface area contributed by atoms with E-state index in [0.29, 0.717) is 12.8 Å². The van der Waals surface area contributed by atoms with Crippen molar-refractivity contribution in [1.82, 2.24) is 14.9 Å². The molecule has 0 radical (unpaired) electrons. The van der Waals surface area contributed by atoms with Crippen LogP contribution in [0.5, 0.6) is 0 Å². The average Bonchev–Trinajstić information content (AvgIpc) is 3.32. The second kappa shape index (κ2) is 10.4. The molecule has 0 bridgehead atoms. The van der Waals surface area contributed by atoms with Crippen molar-refractivity contribution >= 4 is 33.6 Å². The number of carbonyl (C=O) groups is 2. The van der Waals surface area contributed by atoms with Crippen LogP contribution in [0.15, 0.2) is 35.1 Å². The molecule has 0 aliphatic carbocycles. The third-order valence-electron chi connectivity index (χ3n) is 7.33. The Morgan fingerprint density at radius 1 is 0.975 bits per heavy atom. The van der Waals surface area contributed by atoms with Gasteiger partial charge in [-0.15, -0.1) is 0 Å². The molecule has 2 aromatic heterocycles. The van der Waals surface area contributed by atoms with Gasteiger partial charge >= 0.3 is 5.97 Å². The van der Waals surface area contributed by atoms with Crippen LogP contribution in [-0.4, -0.2) is 40.4 Å². The molecule has 3 heterocycles. The predicted molar refractivity (Wildman–Crippen MR) is 136 cm³/mol. The molecule has 2 atom stereocenters. The summed E-state index contributed by atoms with van der Waals surface area (Å²) in [4.78, 5) is 45.7. The Morgan fingerprint density at radius 2 is 1.60 bits per heavy atom. The van der Waals surface area contributed by atoms with Crippen LogP contribution in [0.1, 0.15) is 60.8 Å². The number of aromatic nitrogens is 2. The number of benzene rings is 2. The van der Waals surface area contributed by atoms with Gasteiger partial charge in [-0.05, 0) is 42.5 Å². The van der Waals surface area contributed by atoms with Crippen LogP contribution in [0.2, 0.25) is 0 Å². The van der Waals surface area contributed by atoms with E-state index in [0.717, 1.165) is 24.3 Å². The van der Waals surface area contributed by atoms with Crippen LogP contribution in [0.4, 0.5) is 17.6 Å². The van der Waals surface area contributed by atoms with Gasteiger partial charge in [0, 0.05) is 29.6 Å². The largest absolute Gasteiger partial charge is 0.429 e. The lowest BCUT2D eigenvalue weighted by Gasteiger charge is -2.36. The highest BCUT2D eigenvalue weighted by molar-refractivity contribution is 5.98. The lowest BCUT2D eigenvalue weighted by atomic mass is 9.94. The second-order valence-electron chi connectivity index (χ2n) is 9.68. The molecule has 12 heteroatoms. The molecule has 210 valence electrons. The van der Waals surface area contributed by atoms with Crippen molar-refractivity contribution in [2.24, 2.45) is 5.92 Å². The predicted octanol–water partition coefficient (Wildman–Crippen LogP) is 5.39. The molecule has 40 heavy (non-hydrogen) atoms. The fourth-order valence-electron chi connectivity index (χ4n) is 5.05. The highest BCUT2D eigenvalue weighted by Crippen LogP contribution is 2.39. The maximum absolute atomic E-state index is 14.4. The number of nitrogens with zero attached hydrogens (tertiary/aromatic N) is 1. The van der Waals surface area contributed by atoms with Gasteiger partial charge in [0.05, 0.1) is 29.6 Å². The minimum absolute atomic E-state index is 0.00251. The molecule has 0 spiro atoms. The summed E-state index contributed by atoms with van der Waals surface area (Å²) < 4.78 is 67.3. The first kappa shape index (κ1) is 27.4. The van der Waals surface area contributed by atoms with Gasteiger partial charge in [0.25, 0.3) is 11.5 Å². The zero-order chi connectivity index (χ0) is 28.9. The van der Waals surface area contributed by atoms with Crippen LogP contribution < -0.4 is 5.56 Å². The SMILES string of the molecule is CCC(CC)C(=O)O[C@@H]1OC[C@H](N(C)C(=O)c2cc3cc(F)c(F)cc3[nH]2)c2c1[nH]c(=O)c1cc(F)c(F)cc21. The molecule has 2 aromatic carbocycles. The Balaban J connectivity index is 1.61. The number of amides is 1. The lowest BCUT2D eigenvalue weighted by molar-refractivity contribution is -0.193.